The summed E-state index contributed by atoms with van der Waals surface area (Å²) in [5.74, 6) is 0.240. The van der Waals surface area contributed by atoms with E-state index in [1.165, 1.54) is 14.0 Å². The predicted octanol–water partition coefficient (Wildman–Crippen LogP) is 1.17. The molecule has 0 spiro atoms. The number of carbonyl (C=O) groups excluding carboxylic acids is 2. The highest BCUT2D eigenvalue weighted by atomic mass is 16.5. The molecular formula is C14H17NO4. The Balaban J connectivity index is 2.03. The number of methoxy groups -OCH3 is 1. The minimum absolute atomic E-state index is 0.0360. The van der Waals surface area contributed by atoms with Crippen LogP contribution in [0.5, 0.6) is 5.75 Å². The topological polar surface area (TPSA) is 64.6 Å². The van der Waals surface area contributed by atoms with Gasteiger partial charge in [0.25, 0.3) is 0 Å². The number of Topliss-reactive ketones (excluding diaryl/α,β-unsaturated/α-hetero) is 1. The van der Waals surface area contributed by atoms with Crippen molar-refractivity contribution in [2.75, 3.05) is 13.7 Å². The van der Waals surface area contributed by atoms with Gasteiger partial charge in [0.05, 0.1) is 12.7 Å². The molecule has 2 rings (SSSR count). The van der Waals surface area contributed by atoms with E-state index in [0.29, 0.717) is 24.3 Å². The molecule has 1 aliphatic heterocycles. The van der Waals surface area contributed by atoms with Gasteiger partial charge in [-0.25, -0.2) is 0 Å². The Bertz CT molecular complexity index is 486. The van der Waals surface area contributed by atoms with Crippen LogP contribution in [0.25, 0.3) is 0 Å². The van der Waals surface area contributed by atoms with Crippen LogP contribution in [0, 0.1) is 0 Å². The number of hydrogen-bond donors (Lipinski definition) is 1. The maximum Gasteiger partial charge on any atom is 0.323 e. The van der Waals surface area contributed by atoms with Crippen LogP contribution < -0.4 is 10.1 Å². The lowest BCUT2D eigenvalue weighted by Gasteiger charge is -2.15. The monoisotopic (exact) mass is 263 g/mol. The molecule has 0 aromatic heterocycles. The standard InChI is InChI=1S/C14H17NO4/c1-9(16)11-5-3-4-6-13(11)19-10-7-12(15-8-10)14(17)18-2/h3-6,10,12,15H,7-8H2,1-2H3/t10-,12+/m1/s1. The van der Waals surface area contributed by atoms with Gasteiger partial charge in [0.1, 0.15) is 17.9 Å². The number of rotatable bonds is 4. The number of ether oxygens (including phenoxy) is 2. The minimum Gasteiger partial charge on any atom is -0.488 e. The second-order valence-electron chi connectivity index (χ2n) is 4.51. The van der Waals surface area contributed by atoms with Gasteiger partial charge in [0.2, 0.25) is 0 Å². The van der Waals surface area contributed by atoms with Crippen LogP contribution in [0.4, 0.5) is 0 Å². The molecule has 1 saturated heterocycles. The Morgan fingerprint density at radius 1 is 1.32 bits per heavy atom. The summed E-state index contributed by atoms with van der Waals surface area (Å²) in [7, 11) is 1.36. The molecule has 1 N–H and O–H groups in total. The zero-order valence-electron chi connectivity index (χ0n) is 11.0. The summed E-state index contributed by atoms with van der Waals surface area (Å²) < 4.78 is 10.5. The average Bonchev–Trinajstić information content (AvgIpc) is 2.86. The van der Waals surface area contributed by atoms with Gasteiger partial charge in [0.15, 0.2) is 5.78 Å². The van der Waals surface area contributed by atoms with Gasteiger partial charge in [-0.15, -0.1) is 0 Å². The molecule has 1 aliphatic rings. The number of para-hydroxylation sites is 1. The summed E-state index contributed by atoms with van der Waals surface area (Å²) in [4.78, 5) is 22.9. The molecule has 19 heavy (non-hydrogen) atoms. The maximum atomic E-state index is 11.5. The van der Waals surface area contributed by atoms with Crippen LogP contribution in [-0.2, 0) is 9.53 Å². The Morgan fingerprint density at radius 3 is 2.74 bits per heavy atom. The van der Waals surface area contributed by atoms with E-state index in [0.717, 1.165) is 0 Å². The van der Waals surface area contributed by atoms with Gasteiger partial charge >= 0.3 is 5.97 Å². The predicted molar refractivity (Wildman–Crippen MR) is 69.3 cm³/mol. The molecule has 0 aliphatic carbocycles. The highest BCUT2D eigenvalue weighted by Gasteiger charge is 2.31. The fourth-order valence-electron chi connectivity index (χ4n) is 2.15. The third-order valence-electron chi connectivity index (χ3n) is 3.14. The molecule has 2 atom stereocenters. The summed E-state index contributed by atoms with van der Waals surface area (Å²) in [5.41, 5.74) is 0.559. The summed E-state index contributed by atoms with van der Waals surface area (Å²) in [5, 5.41) is 3.04. The van der Waals surface area contributed by atoms with Crippen molar-refractivity contribution in [2.45, 2.75) is 25.5 Å². The van der Waals surface area contributed by atoms with Crippen LogP contribution >= 0.6 is 0 Å². The normalized spacial score (nSPS) is 22.0. The van der Waals surface area contributed by atoms with Crippen LogP contribution in [0.1, 0.15) is 23.7 Å². The van der Waals surface area contributed by atoms with E-state index in [9.17, 15) is 9.59 Å². The number of hydrogen-bond acceptors (Lipinski definition) is 5. The molecule has 1 heterocycles. The highest BCUT2D eigenvalue weighted by Crippen LogP contribution is 2.22. The second kappa shape index (κ2) is 5.84. The first-order chi connectivity index (χ1) is 9.11. The molecule has 0 radical (unpaired) electrons. The van der Waals surface area contributed by atoms with E-state index >= 15 is 0 Å². The molecule has 0 saturated carbocycles. The van der Waals surface area contributed by atoms with Crippen molar-refractivity contribution in [3.05, 3.63) is 29.8 Å². The van der Waals surface area contributed by atoms with Crippen molar-refractivity contribution >= 4 is 11.8 Å². The van der Waals surface area contributed by atoms with Crippen LogP contribution in [0.15, 0.2) is 24.3 Å². The van der Waals surface area contributed by atoms with Crippen molar-refractivity contribution in [2.24, 2.45) is 0 Å². The van der Waals surface area contributed by atoms with Crippen molar-refractivity contribution < 1.29 is 19.1 Å². The van der Waals surface area contributed by atoms with Gasteiger partial charge in [-0.3, -0.25) is 9.59 Å². The Morgan fingerprint density at radius 2 is 2.05 bits per heavy atom. The molecule has 0 amide bonds. The number of carbonyl (C=O) groups is 2. The molecule has 1 fully saturated rings. The van der Waals surface area contributed by atoms with E-state index in [2.05, 4.69) is 10.1 Å². The highest BCUT2D eigenvalue weighted by molar-refractivity contribution is 5.96. The van der Waals surface area contributed by atoms with E-state index < -0.39 is 0 Å². The zero-order valence-corrected chi connectivity index (χ0v) is 11.0. The van der Waals surface area contributed by atoms with Crippen molar-refractivity contribution in [1.82, 2.24) is 5.32 Å². The number of benzene rings is 1. The molecule has 0 bridgehead atoms. The number of esters is 1. The van der Waals surface area contributed by atoms with E-state index in [4.69, 9.17) is 4.74 Å². The average molecular weight is 263 g/mol. The fourth-order valence-corrected chi connectivity index (χ4v) is 2.15. The Labute approximate surface area is 111 Å². The molecule has 0 unspecified atom stereocenters. The van der Waals surface area contributed by atoms with Crippen molar-refractivity contribution in [3.63, 3.8) is 0 Å². The van der Waals surface area contributed by atoms with E-state index in [1.54, 1.807) is 18.2 Å². The van der Waals surface area contributed by atoms with Crippen LogP contribution in [0.2, 0.25) is 0 Å². The van der Waals surface area contributed by atoms with Crippen LogP contribution in [0.3, 0.4) is 0 Å². The molecule has 102 valence electrons. The summed E-state index contributed by atoms with van der Waals surface area (Å²) in [6.07, 6.45) is 0.406. The maximum absolute atomic E-state index is 11.5. The van der Waals surface area contributed by atoms with E-state index in [-0.39, 0.29) is 23.9 Å². The lowest BCUT2D eigenvalue weighted by atomic mass is 10.1. The molecule has 5 heteroatoms. The molecule has 1 aromatic carbocycles. The number of nitrogens with one attached hydrogen (secondary N) is 1. The zero-order chi connectivity index (χ0) is 13.8. The quantitative estimate of drug-likeness (QED) is 0.652. The molecular weight excluding hydrogens is 246 g/mol. The van der Waals surface area contributed by atoms with Gasteiger partial charge in [-0.2, -0.15) is 0 Å². The first-order valence-corrected chi connectivity index (χ1v) is 6.19. The summed E-state index contributed by atoms with van der Waals surface area (Å²) in [6, 6.07) is 6.79. The minimum atomic E-state index is -0.334. The molecule has 5 nitrogen and oxygen atoms in total. The van der Waals surface area contributed by atoms with Gasteiger partial charge in [0, 0.05) is 13.0 Å². The summed E-state index contributed by atoms with van der Waals surface area (Å²) in [6.45, 7) is 2.07. The van der Waals surface area contributed by atoms with Crippen molar-refractivity contribution in [3.8, 4) is 5.75 Å². The second-order valence-corrected chi connectivity index (χ2v) is 4.51. The van der Waals surface area contributed by atoms with Crippen molar-refractivity contribution in [1.29, 1.82) is 0 Å². The largest absolute Gasteiger partial charge is 0.488 e. The first-order valence-electron chi connectivity index (χ1n) is 6.19. The first kappa shape index (κ1) is 13.5. The lowest BCUT2D eigenvalue weighted by molar-refractivity contribution is -0.142. The van der Waals surface area contributed by atoms with Gasteiger partial charge in [-0.05, 0) is 19.1 Å². The number of ketones is 1. The van der Waals surface area contributed by atoms with E-state index in [1.807, 2.05) is 6.07 Å². The van der Waals surface area contributed by atoms with Gasteiger partial charge in [-0.1, -0.05) is 12.1 Å². The summed E-state index contributed by atoms with van der Waals surface area (Å²) >= 11 is 0. The SMILES string of the molecule is COC(=O)[C@@H]1C[C@@H](Oc2ccccc2C(C)=O)CN1. The Kier molecular flexibility index (Phi) is 4.16. The molecule has 1 aromatic rings. The van der Waals surface area contributed by atoms with Gasteiger partial charge < -0.3 is 14.8 Å². The Hall–Kier alpha value is -1.88. The third-order valence-corrected chi connectivity index (χ3v) is 3.14. The smallest absolute Gasteiger partial charge is 0.323 e. The third kappa shape index (κ3) is 3.12. The lowest BCUT2D eigenvalue weighted by Crippen LogP contribution is -2.31. The van der Waals surface area contributed by atoms with Crippen LogP contribution in [-0.4, -0.2) is 37.6 Å². The fraction of sp³-hybridized carbons (Fsp3) is 0.429.